The highest BCUT2D eigenvalue weighted by Crippen LogP contribution is 2.31. The van der Waals surface area contributed by atoms with Gasteiger partial charge in [-0.3, -0.25) is 4.79 Å². The number of thioether (sulfide) groups is 1. The summed E-state index contributed by atoms with van der Waals surface area (Å²) in [6.07, 6.45) is 9.33. The number of hydrogen-bond donors (Lipinski definition) is 1. The van der Waals surface area contributed by atoms with Gasteiger partial charge in [-0.1, -0.05) is 13.3 Å². The maximum absolute atomic E-state index is 12.4. The first-order valence-electron chi connectivity index (χ1n) is 7.33. The number of rotatable bonds is 5. The van der Waals surface area contributed by atoms with Crippen LogP contribution in [0.25, 0.3) is 0 Å². The molecule has 1 saturated heterocycles. The van der Waals surface area contributed by atoms with Crippen molar-refractivity contribution in [3.63, 3.8) is 0 Å². The predicted molar refractivity (Wildman–Crippen MR) is 78.0 cm³/mol. The van der Waals surface area contributed by atoms with Crippen molar-refractivity contribution in [2.24, 2.45) is 0 Å². The molecule has 3 nitrogen and oxygen atoms in total. The van der Waals surface area contributed by atoms with Crippen molar-refractivity contribution in [2.75, 3.05) is 19.3 Å². The Morgan fingerprint density at radius 1 is 1.39 bits per heavy atom. The second kappa shape index (κ2) is 6.80. The van der Waals surface area contributed by atoms with Crippen molar-refractivity contribution in [2.45, 2.75) is 62.8 Å². The van der Waals surface area contributed by atoms with Gasteiger partial charge in [-0.25, -0.2) is 0 Å². The third kappa shape index (κ3) is 3.21. The van der Waals surface area contributed by atoms with Gasteiger partial charge in [0.25, 0.3) is 0 Å². The average Bonchev–Trinajstić information content (AvgIpc) is 2.78. The van der Waals surface area contributed by atoms with E-state index in [0.717, 1.165) is 31.2 Å². The van der Waals surface area contributed by atoms with E-state index >= 15 is 0 Å². The summed E-state index contributed by atoms with van der Waals surface area (Å²) in [5, 5.41) is 4.14. The quantitative estimate of drug-likeness (QED) is 0.832. The maximum Gasteiger partial charge on any atom is 0.240 e. The first-order valence-corrected chi connectivity index (χ1v) is 8.61. The minimum Gasteiger partial charge on any atom is -0.338 e. The molecule has 1 N–H and O–H groups in total. The molecule has 18 heavy (non-hydrogen) atoms. The fourth-order valence-corrected chi connectivity index (χ4v) is 4.01. The van der Waals surface area contributed by atoms with E-state index in [4.69, 9.17) is 0 Å². The highest BCUT2D eigenvalue weighted by atomic mass is 32.2. The van der Waals surface area contributed by atoms with Crippen molar-refractivity contribution < 1.29 is 4.79 Å². The SMILES string of the molecule is CCCNC1CCN(C2CCCC(SC)C2)C1=O. The summed E-state index contributed by atoms with van der Waals surface area (Å²) < 4.78 is 0. The van der Waals surface area contributed by atoms with Crippen molar-refractivity contribution in [3.05, 3.63) is 0 Å². The summed E-state index contributed by atoms with van der Waals surface area (Å²) in [4.78, 5) is 14.5. The molecular formula is C14H26N2OS. The van der Waals surface area contributed by atoms with Crippen molar-refractivity contribution in [3.8, 4) is 0 Å². The number of hydrogen-bond acceptors (Lipinski definition) is 3. The van der Waals surface area contributed by atoms with E-state index in [2.05, 4.69) is 23.4 Å². The smallest absolute Gasteiger partial charge is 0.240 e. The Bertz CT molecular complexity index is 285. The van der Waals surface area contributed by atoms with Gasteiger partial charge in [0.15, 0.2) is 0 Å². The molecule has 0 radical (unpaired) electrons. The predicted octanol–water partition coefficient (Wildman–Crippen LogP) is 2.26. The molecule has 2 fully saturated rings. The Kier molecular flexibility index (Phi) is 5.37. The van der Waals surface area contributed by atoms with Crippen LogP contribution in [0, 0.1) is 0 Å². The Balaban J connectivity index is 1.88. The zero-order valence-electron chi connectivity index (χ0n) is 11.7. The molecule has 0 aromatic rings. The number of likely N-dealkylation sites (tertiary alicyclic amines) is 1. The fourth-order valence-electron chi connectivity index (χ4n) is 3.19. The molecule has 0 aromatic carbocycles. The van der Waals surface area contributed by atoms with E-state index in [1.807, 2.05) is 11.8 Å². The van der Waals surface area contributed by atoms with Crippen molar-refractivity contribution >= 4 is 17.7 Å². The molecule has 3 atom stereocenters. The van der Waals surface area contributed by atoms with Crippen LogP contribution in [0.15, 0.2) is 0 Å². The summed E-state index contributed by atoms with van der Waals surface area (Å²) in [6, 6.07) is 0.608. The first kappa shape index (κ1) is 14.2. The summed E-state index contributed by atoms with van der Waals surface area (Å²) in [5.41, 5.74) is 0. The lowest BCUT2D eigenvalue weighted by molar-refractivity contribution is -0.131. The third-order valence-corrected chi connectivity index (χ3v) is 5.35. The summed E-state index contributed by atoms with van der Waals surface area (Å²) in [6.45, 7) is 4.07. The Morgan fingerprint density at radius 2 is 2.22 bits per heavy atom. The molecule has 0 bridgehead atoms. The minimum atomic E-state index is 0.0969. The molecule has 1 saturated carbocycles. The van der Waals surface area contributed by atoms with Gasteiger partial charge in [0.2, 0.25) is 5.91 Å². The molecule has 4 heteroatoms. The normalized spacial score (nSPS) is 33.1. The topological polar surface area (TPSA) is 32.3 Å². The number of nitrogens with zero attached hydrogens (tertiary/aromatic N) is 1. The molecule has 1 amide bonds. The molecule has 2 aliphatic rings. The number of carbonyl (C=O) groups excluding carboxylic acids is 1. The van der Waals surface area contributed by atoms with Gasteiger partial charge in [0, 0.05) is 17.8 Å². The van der Waals surface area contributed by atoms with E-state index in [0.29, 0.717) is 11.9 Å². The van der Waals surface area contributed by atoms with Crippen LogP contribution < -0.4 is 5.32 Å². The highest BCUT2D eigenvalue weighted by molar-refractivity contribution is 7.99. The molecule has 0 spiro atoms. The Labute approximate surface area is 115 Å². The van der Waals surface area contributed by atoms with Gasteiger partial charge in [-0.15, -0.1) is 0 Å². The minimum absolute atomic E-state index is 0.0969. The monoisotopic (exact) mass is 270 g/mol. The Morgan fingerprint density at radius 3 is 2.94 bits per heavy atom. The second-order valence-corrected chi connectivity index (χ2v) is 6.64. The van der Waals surface area contributed by atoms with Gasteiger partial charge >= 0.3 is 0 Å². The lowest BCUT2D eigenvalue weighted by Crippen LogP contribution is -2.45. The number of carbonyl (C=O) groups is 1. The number of amides is 1. The lowest BCUT2D eigenvalue weighted by atomic mass is 9.94. The molecule has 104 valence electrons. The fraction of sp³-hybridized carbons (Fsp3) is 0.929. The first-order chi connectivity index (χ1) is 8.76. The highest BCUT2D eigenvalue weighted by Gasteiger charge is 2.37. The standard InChI is InChI=1S/C14H26N2OS/c1-3-8-15-13-7-9-16(14(13)17)11-5-4-6-12(10-11)18-2/h11-13,15H,3-10H2,1-2H3. The maximum atomic E-state index is 12.4. The molecular weight excluding hydrogens is 244 g/mol. The van der Waals surface area contributed by atoms with E-state index in [1.54, 1.807) is 0 Å². The molecule has 0 aromatic heterocycles. The van der Waals surface area contributed by atoms with E-state index in [9.17, 15) is 4.79 Å². The molecule has 1 heterocycles. The van der Waals surface area contributed by atoms with Crippen molar-refractivity contribution in [1.82, 2.24) is 10.2 Å². The summed E-state index contributed by atoms with van der Waals surface area (Å²) >= 11 is 1.97. The van der Waals surface area contributed by atoms with Gasteiger partial charge < -0.3 is 10.2 Å². The third-order valence-electron chi connectivity index (χ3n) is 4.25. The largest absolute Gasteiger partial charge is 0.338 e. The van der Waals surface area contributed by atoms with Crippen LogP contribution in [0.4, 0.5) is 0 Å². The molecule has 3 unspecified atom stereocenters. The van der Waals surface area contributed by atoms with Crippen molar-refractivity contribution in [1.29, 1.82) is 0 Å². The zero-order chi connectivity index (χ0) is 13.0. The number of nitrogens with one attached hydrogen (secondary N) is 1. The van der Waals surface area contributed by atoms with Gasteiger partial charge in [0.1, 0.15) is 0 Å². The van der Waals surface area contributed by atoms with E-state index in [-0.39, 0.29) is 6.04 Å². The van der Waals surface area contributed by atoms with Crippen LogP contribution in [0.1, 0.15) is 45.4 Å². The van der Waals surface area contributed by atoms with E-state index in [1.165, 1.54) is 25.7 Å². The molecule has 1 aliphatic heterocycles. The van der Waals surface area contributed by atoms with Gasteiger partial charge in [-0.05, 0) is 44.9 Å². The van der Waals surface area contributed by atoms with Crippen LogP contribution in [-0.4, -0.2) is 47.5 Å². The van der Waals surface area contributed by atoms with Crippen LogP contribution in [0.5, 0.6) is 0 Å². The van der Waals surface area contributed by atoms with Crippen LogP contribution >= 0.6 is 11.8 Å². The molecule has 1 aliphatic carbocycles. The van der Waals surface area contributed by atoms with E-state index < -0.39 is 0 Å². The lowest BCUT2D eigenvalue weighted by Gasteiger charge is -2.34. The zero-order valence-corrected chi connectivity index (χ0v) is 12.5. The summed E-state index contributed by atoms with van der Waals surface area (Å²) in [5.74, 6) is 0.357. The van der Waals surface area contributed by atoms with Gasteiger partial charge in [-0.2, -0.15) is 11.8 Å². The summed E-state index contributed by atoms with van der Waals surface area (Å²) in [7, 11) is 0. The Hall–Kier alpha value is -0.220. The van der Waals surface area contributed by atoms with Gasteiger partial charge in [0.05, 0.1) is 6.04 Å². The second-order valence-electron chi connectivity index (χ2n) is 5.51. The molecule has 2 rings (SSSR count). The average molecular weight is 270 g/mol. The van der Waals surface area contributed by atoms with Crippen LogP contribution in [0.2, 0.25) is 0 Å². The van der Waals surface area contributed by atoms with Crippen LogP contribution in [-0.2, 0) is 4.79 Å². The van der Waals surface area contributed by atoms with Crippen LogP contribution in [0.3, 0.4) is 0 Å².